The standard InChI is InChI=1S/C43H45F4N7O6S/c1-23-28(30-7-4-8-32-31(30)11-12-34(32)49-39-38(43(45,46)47)48-36(42(51-39)59-2)22-54-16-14-26(55)21-54)5-3-6-29(23)41-50-35-18-24(17-33(44)37(35)60-41)19-53-15-13-25(20-53)40(56)52-61(57,58)27-9-10-27/h3-8,17-18,25-27,34,55H,9-16,19-22H2,1-2H3,(H,49,51)(H,52,56)/t25-,26-,34-/m1/s1. The predicted octanol–water partition coefficient (Wildman–Crippen LogP) is 6.52. The number of oxazole rings is 1. The summed E-state index contributed by atoms with van der Waals surface area (Å²) in [6.07, 6.45) is -2.12. The number of hydrogen-bond donors (Lipinski definition) is 3. The molecule has 5 aromatic rings. The van der Waals surface area contributed by atoms with Crippen LogP contribution in [0.5, 0.6) is 5.88 Å². The fourth-order valence-electron chi connectivity index (χ4n) is 8.95. The van der Waals surface area contributed by atoms with Crippen molar-refractivity contribution in [3.8, 4) is 28.5 Å². The zero-order valence-corrected chi connectivity index (χ0v) is 34.4. The van der Waals surface area contributed by atoms with Gasteiger partial charge in [-0.3, -0.25) is 19.3 Å². The summed E-state index contributed by atoms with van der Waals surface area (Å²) >= 11 is 0. The number of likely N-dealkylation sites (tertiary alicyclic amines) is 2. The number of anilines is 1. The van der Waals surface area contributed by atoms with Gasteiger partial charge < -0.3 is 19.6 Å². The fourth-order valence-corrected chi connectivity index (χ4v) is 10.3. The first kappa shape index (κ1) is 41.2. The Hall–Kier alpha value is -5.17. The molecule has 1 amide bonds. The van der Waals surface area contributed by atoms with Gasteiger partial charge in [-0.2, -0.15) is 18.2 Å². The summed E-state index contributed by atoms with van der Waals surface area (Å²) < 4.78 is 97.3. The number of amides is 1. The highest BCUT2D eigenvalue weighted by atomic mass is 32.2. The van der Waals surface area contributed by atoms with Crippen molar-refractivity contribution in [1.29, 1.82) is 0 Å². The Labute approximate surface area is 349 Å². The van der Waals surface area contributed by atoms with Crippen molar-refractivity contribution < 1.29 is 45.0 Å². The molecule has 3 fully saturated rings. The summed E-state index contributed by atoms with van der Waals surface area (Å²) in [5.41, 5.74) is 4.91. The van der Waals surface area contributed by atoms with Gasteiger partial charge in [0.05, 0.1) is 30.4 Å². The van der Waals surface area contributed by atoms with Crippen LogP contribution in [0.2, 0.25) is 0 Å². The topological polar surface area (TPSA) is 163 Å². The van der Waals surface area contributed by atoms with E-state index in [1.54, 1.807) is 6.07 Å². The van der Waals surface area contributed by atoms with Gasteiger partial charge in [0, 0.05) is 38.3 Å². The monoisotopic (exact) mass is 863 g/mol. The molecular weight excluding hydrogens is 819 g/mol. The second kappa shape index (κ2) is 15.9. The lowest BCUT2D eigenvalue weighted by Crippen LogP contribution is -2.38. The minimum Gasteiger partial charge on any atom is -0.480 e. The Kier molecular flexibility index (Phi) is 10.8. The van der Waals surface area contributed by atoms with E-state index in [0.29, 0.717) is 87.9 Å². The molecule has 2 aromatic heterocycles. The van der Waals surface area contributed by atoms with Gasteiger partial charge in [0.25, 0.3) is 0 Å². The normalized spacial score (nSPS) is 21.0. The maximum Gasteiger partial charge on any atom is 0.437 e. The summed E-state index contributed by atoms with van der Waals surface area (Å²) in [6, 6.07) is 14.0. The number of nitrogens with zero attached hydrogens (tertiary/aromatic N) is 5. The number of sulfonamides is 1. The molecule has 2 saturated heterocycles. The van der Waals surface area contributed by atoms with Crippen molar-refractivity contribution in [2.75, 3.05) is 38.6 Å². The number of aliphatic hydroxyl groups is 1. The molecule has 0 radical (unpaired) electrons. The maximum absolute atomic E-state index is 15.6. The van der Waals surface area contributed by atoms with E-state index in [-0.39, 0.29) is 29.6 Å². The number of rotatable bonds is 12. The molecule has 0 spiro atoms. The van der Waals surface area contributed by atoms with Crippen LogP contribution in [0.25, 0.3) is 33.7 Å². The van der Waals surface area contributed by atoms with Crippen molar-refractivity contribution >= 4 is 32.8 Å². The maximum atomic E-state index is 15.6. The van der Waals surface area contributed by atoms with Gasteiger partial charge in [0.2, 0.25) is 27.7 Å². The van der Waals surface area contributed by atoms with Crippen LogP contribution in [0, 0.1) is 18.7 Å². The number of fused-ring (bicyclic) bond motifs is 2. The Bertz CT molecular complexity index is 2640. The number of carbonyl (C=O) groups excluding carboxylic acids is 1. The summed E-state index contributed by atoms with van der Waals surface area (Å²) in [7, 11) is -2.29. The Morgan fingerprint density at radius 3 is 2.43 bits per heavy atom. The van der Waals surface area contributed by atoms with Crippen LogP contribution in [-0.4, -0.2) is 88.8 Å². The molecule has 13 nitrogen and oxygen atoms in total. The largest absolute Gasteiger partial charge is 0.480 e. The molecule has 3 N–H and O–H groups in total. The van der Waals surface area contributed by atoms with Gasteiger partial charge in [-0.15, -0.1) is 0 Å². The second-order valence-electron chi connectivity index (χ2n) is 16.5. The number of aliphatic hydroxyl groups excluding tert-OH is 1. The second-order valence-corrected chi connectivity index (χ2v) is 18.5. The SMILES string of the molecule is COc1nc(N[C@@H]2CCc3c(-c4cccc(-c5nc6cc(CN7CC[C@@H](C(=O)NS(=O)(=O)C8CC8)C7)cc(F)c6o5)c4C)cccc32)c(C(F)(F)F)nc1CN1CC[C@@H](O)C1. The van der Waals surface area contributed by atoms with Gasteiger partial charge in [0.1, 0.15) is 11.2 Å². The Morgan fingerprint density at radius 2 is 1.69 bits per heavy atom. The van der Waals surface area contributed by atoms with E-state index < -0.39 is 62.7 Å². The number of halogens is 4. The van der Waals surface area contributed by atoms with Gasteiger partial charge in [0.15, 0.2) is 22.9 Å². The summed E-state index contributed by atoms with van der Waals surface area (Å²) in [5, 5.41) is 12.5. The zero-order valence-electron chi connectivity index (χ0n) is 33.6. The van der Waals surface area contributed by atoms with Gasteiger partial charge >= 0.3 is 6.18 Å². The van der Waals surface area contributed by atoms with Crippen LogP contribution in [0.3, 0.4) is 0 Å². The smallest absolute Gasteiger partial charge is 0.437 e. The van der Waals surface area contributed by atoms with Gasteiger partial charge in [-0.05, 0) is 104 Å². The third-order valence-electron chi connectivity index (χ3n) is 12.2. The Balaban J connectivity index is 0.941. The highest BCUT2D eigenvalue weighted by molar-refractivity contribution is 7.90. The molecule has 0 unspecified atom stereocenters. The van der Waals surface area contributed by atoms with E-state index in [1.807, 2.05) is 53.1 Å². The van der Waals surface area contributed by atoms with Crippen molar-refractivity contribution in [2.45, 2.75) is 82.1 Å². The average molecular weight is 864 g/mol. The molecule has 2 aliphatic heterocycles. The quantitative estimate of drug-likeness (QED) is 0.117. The number of carbonyl (C=O) groups is 1. The third-order valence-corrected chi connectivity index (χ3v) is 14.0. The van der Waals surface area contributed by atoms with Crippen LogP contribution in [-0.2, 0) is 40.5 Å². The van der Waals surface area contributed by atoms with E-state index in [4.69, 9.17) is 14.1 Å². The van der Waals surface area contributed by atoms with Crippen LogP contribution in [0.15, 0.2) is 52.9 Å². The van der Waals surface area contributed by atoms with Crippen LogP contribution in [0.4, 0.5) is 23.4 Å². The molecule has 3 atom stereocenters. The van der Waals surface area contributed by atoms with E-state index >= 15 is 4.39 Å². The number of ether oxygens (including phenoxy) is 1. The molecule has 4 heterocycles. The minimum absolute atomic E-state index is 0.00265. The van der Waals surface area contributed by atoms with Crippen LogP contribution >= 0.6 is 0 Å². The van der Waals surface area contributed by atoms with Crippen molar-refractivity contribution in [2.24, 2.45) is 5.92 Å². The molecule has 18 heteroatoms. The Morgan fingerprint density at radius 1 is 0.951 bits per heavy atom. The summed E-state index contributed by atoms with van der Waals surface area (Å²) in [6.45, 7) is 4.06. The molecular formula is C43H45F4N7O6S. The average Bonchev–Trinajstić information content (AvgIpc) is 3.47. The highest BCUT2D eigenvalue weighted by Crippen LogP contribution is 2.44. The number of alkyl halides is 3. The number of β-amino-alcohol motifs (C(OH)–C–C–N with tert-alkyl or cyclic N) is 1. The minimum atomic E-state index is -4.79. The molecule has 3 aromatic carbocycles. The lowest BCUT2D eigenvalue weighted by Gasteiger charge is -2.22. The lowest BCUT2D eigenvalue weighted by molar-refractivity contribution is -0.141. The number of benzene rings is 3. The number of methoxy groups -OCH3 is 1. The first-order valence-corrected chi connectivity index (χ1v) is 22.0. The zero-order chi connectivity index (χ0) is 42.8. The van der Waals surface area contributed by atoms with Crippen molar-refractivity contribution in [1.82, 2.24) is 29.5 Å². The first-order valence-electron chi connectivity index (χ1n) is 20.4. The van der Waals surface area contributed by atoms with Crippen LogP contribution in [0.1, 0.15) is 71.8 Å². The van der Waals surface area contributed by atoms with E-state index in [0.717, 1.165) is 27.8 Å². The molecule has 2 aliphatic carbocycles. The summed E-state index contributed by atoms with van der Waals surface area (Å²) in [4.78, 5) is 29.5. The number of hydrogen-bond acceptors (Lipinski definition) is 12. The third kappa shape index (κ3) is 8.29. The molecule has 9 rings (SSSR count). The van der Waals surface area contributed by atoms with Crippen molar-refractivity contribution in [3.05, 3.63) is 88.0 Å². The lowest BCUT2D eigenvalue weighted by atomic mass is 9.91. The fraction of sp³-hybridized carbons (Fsp3) is 0.442. The van der Waals surface area contributed by atoms with E-state index in [9.17, 15) is 31.5 Å². The molecule has 0 bridgehead atoms. The first-order chi connectivity index (χ1) is 29.1. The summed E-state index contributed by atoms with van der Waals surface area (Å²) in [5.74, 6) is -1.78. The van der Waals surface area contributed by atoms with Crippen LogP contribution < -0.4 is 14.8 Å². The number of aromatic nitrogens is 3. The molecule has 61 heavy (non-hydrogen) atoms. The van der Waals surface area contributed by atoms with E-state index in [2.05, 4.69) is 20.0 Å². The van der Waals surface area contributed by atoms with Gasteiger partial charge in [-0.25, -0.2) is 22.8 Å². The highest BCUT2D eigenvalue weighted by Gasteiger charge is 2.41. The molecule has 1 saturated carbocycles. The van der Waals surface area contributed by atoms with Crippen molar-refractivity contribution in [3.63, 3.8) is 0 Å². The molecule has 4 aliphatic rings. The number of nitrogens with one attached hydrogen (secondary N) is 2. The molecule has 322 valence electrons. The van der Waals surface area contributed by atoms with Gasteiger partial charge in [-0.1, -0.05) is 30.3 Å². The van der Waals surface area contributed by atoms with E-state index in [1.165, 1.54) is 13.2 Å². The predicted molar refractivity (Wildman–Crippen MR) is 217 cm³/mol.